The summed E-state index contributed by atoms with van der Waals surface area (Å²) in [7, 11) is 0. The zero-order chi connectivity index (χ0) is 18.6. The predicted octanol–water partition coefficient (Wildman–Crippen LogP) is 3.51. The number of ether oxygens (including phenoxy) is 1. The minimum Gasteiger partial charge on any atom is -0.462 e. The number of nitrogens with zero attached hydrogens (tertiary/aromatic N) is 1. The van der Waals surface area contributed by atoms with E-state index >= 15 is 0 Å². The number of carbonyl (C=O) groups is 1. The maximum absolute atomic E-state index is 12.1. The summed E-state index contributed by atoms with van der Waals surface area (Å²) in [6, 6.07) is 7.42. The number of anilines is 1. The maximum Gasteiger partial charge on any atom is 0.348 e. The first-order valence-electron chi connectivity index (χ1n) is 7.65. The van der Waals surface area contributed by atoms with E-state index in [1.807, 2.05) is 18.3 Å². The lowest BCUT2D eigenvalue weighted by Crippen LogP contribution is -2.83. The Hall–Kier alpha value is -1.78. The topological polar surface area (TPSA) is 92.7 Å². The summed E-state index contributed by atoms with van der Waals surface area (Å²) < 4.78 is 5.06. The highest BCUT2D eigenvalue weighted by atomic mass is 35.5. The number of thiophene rings is 1. The smallest absolute Gasteiger partial charge is 0.348 e. The summed E-state index contributed by atoms with van der Waals surface area (Å²) in [6.07, 6.45) is 0. The first-order chi connectivity index (χ1) is 11.9. The van der Waals surface area contributed by atoms with Crippen LogP contribution in [0, 0.1) is 11.3 Å². The van der Waals surface area contributed by atoms with Crippen molar-refractivity contribution in [3.05, 3.63) is 49.8 Å². The van der Waals surface area contributed by atoms with Crippen molar-refractivity contribution in [2.24, 2.45) is 0 Å². The molecular formula is C17H18Cl2N3O2S+. The van der Waals surface area contributed by atoms with Crippen molar-refractivity contribution in [3.8, 4) is 6.07 Å². The Bertz CT molecular complexity index is 830. The molecule has 0 radical (unpaired) electrons. The van der Waals surface area contributed by atoms with Gasteiger partial charge in [0.25, 0.3) is 0 Å². The number of hydrogen-bond donors (Lipinski definition) is 2. The molecule has 1 atom stereocenters. The molecule has 0 aliphatic rings. The van der Waals surface area contributed by atoms with Crippen molar-refractivity contribution < 1.29 is 14.8 Å². The van der Waals surface area contributed by atoms with E-state index in [2.05, 4.69) is 6.07 Å². The molecule has 0 saturated carbocycles. The highest BCUT2D eigenvalue weighted by Gasteiger charge is 2.25. The van der Waals surface area contributed by atoms with Gasteiger partial charge in [-0.1, -0.05) is 29.3 Å². The van der Waals surface area contributed by atoms with E-state index in [0.29, 0.717) is 37.6 Å². The van der Waals surface area contributed by atoms with Crippen LogP contribution in [0.1, 0.15) is 46.3 Å². The van der Waals surface area contributed by atoms with E-state index in [1.54, 1.807) is 19.1 Å². The second-order valence-electron chi connectivity index (χ2n) is 5.38. The third-order valence-corrected chi connectivity index (χ3v) is 5.34. The van der Waals surface area contributed by atoms with Gasteiger partial charge in [0.15, 0.2) is 0 Å². The number of nitrogen functional groups attached to an aromatic ring is 1. The lowest BCUT2D eigenvalue weighted by atomic mass is 10.1. The van der Waals surface area contributed by atoms with Gasteiger partial charge in [-0.05, 0) is 26.0 Å². The number of carbonyl (C=O) groups excluding carboxylic acids is 1. The van der Waals surface area contributed by atoms with Gasteiger partial charge in [-0.15, -0.1) is 11.3 Å². The molecule has 2 rings (SSSR count). The molecule has 5 nitrogen and oxygen atoms in total. The van der Waals surface area contributed by atoms with Crippen molar-refractivity contribution in [2.75, 3.05) is 12.3 Å². The number of quaternary nitrogens is 1. The van der Waals surface area contributed by atoms with Crippen LogP contribution in [0.3, 0.4) is 0 Å². The number of benzene rings is 1. The van der Waals surface area contributed by atoms with E-state index in [-0.39, 0.29) is 12.6 Å². The van der Waals surface area contributed by atoms with Crippen LogP contribution in [-0.2, 0) is 11.3 Å². The fourth-order valence-corrected chi connectivity index (χ4v) is 3.98. The molecule has 0 aliphatic carbocycles. The number of hydrogen-bond acceptors (Lipinski definition) is 5. The van der Waals surface area contributed by atoms with Crippen LogP contribution < -0.4 is 11.1 Å². The van der Waals surface area contributed by atoms with Crippen LogP contribution in [-0.4, -0.2) is 12.6 Å². The van der Waals surface area contributed by atoms with Crippen LogP contribution in [0.15, 0.2) is 18.2 Å². The van der Waals surface area contributed by atoms with Gasteiger partial charge in [0, 0.05) is 10.6 Å². The average molecular weight is 399 g/mol. The molecule has 0 aliphatic heterocycles. The Labute approximate surface area is 160 Å². The van der Waals surface area contributed by atoms with E-state index in [1.165, 1.54) is 0 Å². The molecule has 1 heterocycles. The summed E-state index contributed by atoms with van der Waals surface area (Å²) in [6.45, 7) is 4.39. The zero-order valence-electron chi connectivity index (χ0n) is 13.8. The third-order valence-electron chi connectivity index (χ3n) is 3.74. The first kappa shape index (κ1) is 19.5. The quantitative estimate of drug-likeness (QED) is 0.727. The standard InChI is InChI=1S/C17H17Cl2N3O2S/c1-3-24-17(23)15-13(12(7-20)16(21)25-15)8-22-9(2)11-5-4-10(18)6-14(11)19/h4-6,9,22H,3,8,21H2,1-2H3/p+1/t9-/m0/s1. The van der Waals surface area contributed by atoms with E-state index < -0.39 is 5.97 Å². The molecule has 8 heteroatoms. The Morgan fingerprint density at radius 1 is 1.48 bits per heavy atom. The SMILES string of the molecule is CCOC(=O)c1sc(N)c(C#N)c1C[NH2+][C@@H](C)c1ccc(Cl)cc1Cl. The number of halogens is 2. The Morgan fingerprint density at radius 2 is 2.20 bits per heavy atom. The van der Waals surface area contributed by atoms with Crippen LogP contribution in [0.4, 0.5) is 5.00 Å². The summed E-state index contributed by atoms with van der Waals surface area (Å²) in [5, 5.41) is 12.8. The summed E-state index contributed by atoms with van der Waals surface area (Å²) in [5.74, 6) is -0.457. The van der Waals surface area contributed by atoms with Crippen LogP contribution in [0.5, 0.6) is 0 Å². The normalized spacial score (nSPS) is 11.8. The van der Waals surface area contributed by atoms with Crippen molar-refractivity contribution in [1.29, 1.82) is 5.26 Å². The fourth-order valence-electron chi connectivity index (χ4n) is 2.46. The molecular weight excluding hydrogens is 381 g/mol. The van der Waals surface area contributed by atoms with Gasteiger partial charge in [0.2, 0.25) is 0 Å². The lowest BCUT2D eigenvalue weighted by Gasteiger charge is -2.13. The van der Waals surface area contributed by atoms with Crippen LogP contribution in [0.2, 0.25) is 10.0 Å². The Kier molecular flexibility index (Phi) is 6.68. The van der Waals surface area contributed by atoms with Crippen molar-refractivity contribution in [1.82, 2.24) is 0 Å². The van der Waals surface area contributed by atoms with Crippen LogP contribution in [0.25, 0.3) is 0 Å². The molecule has 2 aromatic rings. The minimum atomic E-state index is -0.457. The van der Waals surface area contributed by atoms with Gasteiger partial charge in [0.05, 0.1) is 22.8 Å². The predicted molar refractivity (Wildman–Crippen MR) is 99.9 cm³/mol. The van der Waals surface area contributed by atoms with Gasteiger partial charge in [-0.3, -0.25) is 0 Å². The van der Waals surface area contributed by atoms with Gasteiger partial charge in [-0.25, -0.2) is 4.79 Å². The number of esters is 1. The summed E-state index contributed by atoms with van der Waals surface area (Å²) >= 11 is 13.3. The minimum absolute atomic E-state index is 0.00693. The van der Waals surface area contributed by atoms with Crippen molar-refractivity contribution in [2.45, 2.75) is 26.4 Å². The third kappa shape index (κ3) is 4.44. The number of nitrogens with two attached hydrogens (primary N) is 2. The fraction of sp³-hybridized carbons (Fsp3) is 0.294. The highest BCUT2D eigenvalue weighted by molar-refractivity contribution is 7.18. The molecule has 132 valence electrons. The maximum atomic E-state index is 12.1. The molecule has 0 spiro atoms. The van der Waals surface area contributed by atoms with Crippen LogP contribution >= 0.6 is 34.5 Å². The lowest BCUT2D eigenvalue weighted by molar-refractivity contribution is -0.707. The molecule has 0 unspecified atom stereocenters. The Balaban J connectivity index is 2.24. The van der Waals surface area contributed by atoms with Gasteiger partial charge in [-0.2, -0.15) is 5.26 Å². The molecule has 4 N–H and O–H groups in total. The van der Waals surface area contributed by atoms with E-state index in [4.69, 9.17) is 33.7 Å². The second-order valence-corrected chi connectivity index (χ2v) is 7.27. The number of nitriles is 1. The van der Waals surface area contributed by atoms with E-state index in [0.717, 1.165) is 16.9 Å². The van der Waals surface area contributed by atoms with Gasteiger partial charge in [0.1, 0.15) is 28.5 Å². The van der Waals surface area contributed by atoms with Crippen molar-refractivity contribution in [3.63, 3.8) is 0 Å². The monoisotopic (exact) mass is 398 g/mol. The van der Waals surface area contributed by atoms with E-state index in [9.17, 15) is 10.1 Å². The zero-order valence-corrected chi connectivity index (χ0v) is 16.1. The summed E-state index contributed by atoms with van der Waals surface area (Å²) in [5.41, 5.74) is 7.73. The van der Waals surface area contributed by atoms with Crippen molar-refractivity contribution >= 4 is 45.5 Å². The molecule has 0 bridgehead atoms. The average Bonchev–Trinajstić information content (AvgIpc) is 2.88. The molecule has 1 aromatic heterocycles. The molecule has 1 aromatic carbocycles. The largest absolute Gasteiger partial charge is 0.462 e. The van der Waals surface area contributed by atoms with Gasteiger partial charge < -0.3 is 15.8 Å². The molecule has 0 fully saturated rings. The van der Waals surface area contributed by atoms with Gasteiger partial charge >= 0.3 is 5.97 Å². The molecule has 25 heavy (non-hydrogen) atoms. The second kappa shape index (κ2) is 8.54. The number of rotatable bonds is 6. The summed E-state index contributed by atoms with van der Waals surface area (Å²) in [4.78, 5) is 12.5. The first-order valence-corrected chi connectivity index (χ1v) is 9.22. The highest BCUT2D eigenvalue weighted by Crippen LogP contribution is 2.31. The molecule has 0 saturated heterocycles. The Morgan fingerprint density at radius 3 is 2.80 bits per heavy atom. The molecule has 0 amide bonds.